The summed E-state index contributed by atoms with van der Waals surface area (Å²) in [6, 6.07) is 11.2. The zero-order valence-corrected chi connectivity index (χ0v) is 16.3. The van der Waals surface area contributed by atoms with Crippen molar-refractivity contribution in [1.29, 1.82) is 0 Å². The highest BCUT2D eigenvalue weighted by molar-refractivity contribution is 7.12. The Bertz CT molecular complexity index is 818. The smallest absolute Gasteiger partial charge is 0.262 e. The monoisotopic (exact) mass is 389 g/mol. The van der Waals surface area contributed by atoms with E-state index in [4.69, 9.17) is 11.6 Å². The van der Waals surface area contributed by atoms with Crippen molar-refractivity contribution in [2.45, 2.75) is 25.8 Å². The number of hydrogen-bond acceptors (Lipinski definition) is 4. The number of hydrazone groups is 1. The molecule has 0 unspecified atom stereocenters. The number of amides is 2. The number of hydrogen-bond donors (Lipinski definition) is 0. The lowest BCUT2D eigenvalue weighted by Gasteiger charge is -2.24. The normalized spacial score (nSPS) is 16.5. The van der Waals surface area contributed by atoms with Crippen LogP contribution in [0.4, 0.5) is 0 Å². The molecule has 1 aliphatic rings. The first kappa shape index (κ1) is 18.6. The van der Waals surface area contributed by atoms with Crippen molar-refractivity contribution < 1.29 is 9.59 Å². The standard InChI is InChI=1S/C19H20ClN3O2S/c1-3-18(24)22(2)12-19(25)23-16(13-6-8-14(20)9-7-13)11-15(21-23)17-5-4-10-26-17/h4-10,16H,3,11-12H2,1-2H3/t16-/m1/s1. The van der Waals surface area contributed by atoms with Gasteiger partial charge in [-0.25, -0.2) is 5.01 Å². The van der Waals surface area contributed by atoms with E-state index in [9.17, 15) is 9.59 Å². The third-order valence-corrected chi connectivity index (χ3v) is 5.50. The fourth-order valence-corrected chi connectivity index (χ4v) is 3.76. The van der Waals surface area contributed by atoms with E-state index in [0.717, 1.165) is 16.2 Å². The van der Waals surface area contributed by atoms with Crippen LogP contribution in [0.2, 0.25) is 5.02 Å². The number of rotatable bonds is 5. The Kier molecular flexibility index (Phi) is 5.74. The van der Waals surface area contributed by atoms with E-state index in [1.165, 1.54) is 9.91 Å². The maximum atomic E-state index is 12.8. The van der Waals surface area contributed by atoms with Crippen LogP contribution in [0, 0.1) is 0 Å². The van der Waals surface area contributed by atoms with Gasteiger partial charge in [-0.05, 0) is 29.1 Å². The molecule has 0 bridgehead atoms. The Morgan fingerprint density at radius 1 is 1.31 bits per heavy atom. The van der Waals surface area contributed by atoms with E-state index < -0.39 is 0 Å². The van der Waals surface area contributed by atoms with Gasteiger partial charge in [0.25, 0.3) is 5.91 Å². The van der Waals surface area contributed by atoms with Gasteiger partial charge in [-0.15, -0.1) is 11.3 Å². The van der Waals surface area contributed by atoms with Crippen LogP contribution < -0.4 is 0 Å². The lowest BCUT2D eigenvalue weighted by Crippen LogP contribution is -2.38. The summed E-state index contributed by atoms with van der Waals surface area (Å²) in [5, 5.41) is 8.74. The molecule has 1 atom stereocenters. The molecule has 0 radical (unpaired) electrons. The van der Waals surface area contributed by atoms with Gasteiger partial charge < -0.3 is 4.90 Å². The predicted molar refractivity (Wildman–Crippen MR) is 104 cm³/mol. The number of thiophene rings is 1. The van der Waals surface area contributed by atoms with Crippen LogP contribution in [0.3, 0.4) is 0 Å². The maximum absolute atomic E-state index is 12.8. The molecule has 5 nitrogen and oxygen atoms in total. The van der Waals surface area contributed by atoms with Crippen molar-refractivity contribution in [2.75, 3.05) is 13.6 Å². The van der Waals surface area contributed by atoms with Gasteiger partial charge in [-0.1, -0.05) is 36.7 Å². The zero-order chi connectivity index (χ0) is 18.7. The average Bonchev–Trinajstić information content (AvgIpc) is 3.31. The molecule has 0 aliphatic carbocycles. The number of carbonyl (C=O) groups is 2. The minimum absolute atomic E-state index is 0.0119. The van der Waals surface area contributed by atoms with E-state index in [2.05, 4.69) is 5.10 Å². The summed E-state index contributed by atoms with van der Waals surface area (Å²) in [6.45, 7) is 1.79. The van der Waals surface area contributed by atoms with Gasteiger partial charge in [0.1, 0.15) is 6.54 Å². The maximum Gasteiger partial charge on any atom is 0.262 e. The summed E-state index contributed by atoms with van der Waals surface area (Å²) in [4.78, 5) is 27.2. The van der Waals surface area contributed by atoms with Crippen LogP contribution in [0.25, 0.3) is 0 Å². The van der Waals surface area contributed by atoms with Gasteiger partial charge in [0.05, 0.1) is 16.6 Å². The molecule has 2 amide bonds. The highest BCUT2D eigenvalue weighted by Crippen LogP contribution is 2.34. The van der Waals surface area contributed by atoms with E-state index in [-0.39, 0.29) is 24.4 Å². The van der Waals surface area contributed by atoms with Crippen LogP contribution >= 0.6 is 22.9 Å². The molecule has 136 valence electrons. The van der Waals surface area contributed by atoms with E-state index >= 15 is 0 Å². The molecule has 0 spiro atoms. The summed E-state index contributed by atoms with van der Waals surface area (Å²) in [5.41, 5.74) is 1.86. The molecule has 0 N–H and O–H groups in total. The summed E-state index contributed by atoms with van der Waals surface area (Å²) in [7, 11) is 1.64. The van der Waals surface area contributed by atoms with Crippen molar-refractivity contribution in [3.8, 4) is 0 Å². The molecule has 0 saturated carbocycles. The lowest BCUT2D eigenvalue weighted by molar-refractivity contribution is -0.140. The Labute approximate surface area is 161 Å². The molecule has 26 heavy (non-hydrogen) atoms. The topological polar surface area (TPSA) is 53.0 Å². The van der Waals surface area contributed by atoms with Gasteiger partial charge in [0.15, 0.2) is 0 Å². The second-order valence-electron chi connectivity index (χ2n) is 6.14. The molecule has 7 heteroatoms. The first-order chi connectivity index (χ1) is 12.5. The quantitative estimate of drug-likeness (QED) is 0.777. The first-order valence-electron chi connectivity index (χ1n) is 8.42. The third-order valence-electron chi connectivity index (χ3n) is 4.33. The second kappa shape index (κ2) is 8.01. The summed E-state index contributed by atoms with van der Waals surface area (Å²) in [5.74, 6) is -0.260. The fraction of sp³-hybridized carbons (Fsp3) is 0.316. The van der Waals surface area contributed by atoms with Crippen molar-refractivity contribution in [1.82, 2.24) is 9.91 Å². The van der Waals surface area contributed by atoms with Crippen molar-refractivity contribution in [2.24, 2.45) is 5.10 Å². The highest BCUT2D eigenvalue weighted by atomic mass is 35.5. The Hall–Kier alpha value is -2.18. The molecule has 0 saturated heterocycles. The number of halogens is 1. The molecular weight excluding hydrogens is 370 g/mol. The van der Waals surface area contributed by atoms with Crippen molar-refractivity contribution >= 4 is 40.5 Å². The van der Waals surface area contributed by atoms with Gasteiger partial charge in [-0.2, -0.15) is 5.10 Å². The third kappa shape index (κ3) is 3.97. The zero-order valence-electron chi connectivity index (χ0n) is 14.7. The Balaban J connectivity index is 1.86. The number of benzene rings is 1. The van der Waals surface area contributed by atoms with Gasteiger partial charge in [-0.3, -0.25) is 9.59 Å². The number of likely N-dealkylation sites (N-methyl/N-ethyl adjacent to an activating group) is 1. The molecule has 1 aromatic heterocycles. The first-order valence-corrected chi connectivity index (χ1v) is 9.68. The lowest BCUT2D eigenvalue weighted by atomic mass is 10.0. The number of carbonyl (C=O) groups excluding carboxylic acids is 2. The molecule has 1 aromatic carbocycles. The second-order valence-corrected chi connectivity index (χ2v) is 7.52. The summed E-state index contributed by atoms with van der Waals surface area (Å²) in [6.07, 6.45) is 1.01. The molecule has 0 fully saturated rings. The highest BCUT2D eigenvalue weighted by Gasteiger charge is 2.34. The van der Waals surface area contributed by atoms with E-state index in [1.807, 2.05) is 41.8 Å². The molecule has 2 aromatic rings. The number of nitrogens with zero attached hydrogens (tertiary/aromatic N) is 3. The van der Waals surface area contributed by atoms with E-state index in [1.54, 1.807) is 25.3 Å². The largest absolute Gasteiger partial charge is 0.336 e. The Morgan fingerprint density at radius 2 is 2.04 bits per heavy atom. The minimum atomic E-state index is -0.194. The minimum Gasteiger partial charge on any atom is -0.336 e. The van der Waals surface area contributed by atoms with E-state index in [0.29, 0.717) is 17.9 Å². The molecule has 1 aliphatic heterocycles. The SMILES string of the molecule is CCC(=O)N(C)CC(=O)N1N=C(c2cccs2)C[C@@H]1c1ccc(Cl)cc1. The van der Waals surface area contributed by atoms with Gasteiger partial charge >= 0.3 is 0 Å². The summed E-state index contributed by atoms with van der Waals surface area (Å²) < 4.78 is 0. The van der Waals surface area contributed by atoms with Crippen LogP contribution in [0.15, 0.2) is 46.9 Å². The van der Waals surface area contributed by atoms with Crippen molar-refractivity contribution in [3.05, 3.63) is 57.2 Å². The van der Waals surface area contributed by atoms with Crippen molar-refractivity contribution in [3.63, 3.8) is 0 Å². The van der Waals surface area contributed by atoms with Gasteiger partial charge in [0, 0.05) is 24.9 Å². The predicted octanol–water partition coefficient (Wildman–Crippen LogP) is 3.95. The molecule has 2 heterocycles. The van der Waals surface area contributed by atoms with Crippen LogP contribution in [0.1, 0.15) is 36.2 Å². The summed E-state index contributed by atoms with van der Waals surface area (Å²) >= 11 is 7.60. The average molecular weight is 390 g/mol. The molecule has 3 rings (SSSR count). The van der Waals surface area contributed by atoms with Crippen LogP contribution in [-0.4, -0.2) is 41.0 Å². The Morgan fingerprint density at radius 3 is 2.65 bits per heavy atom. The van der Waals surface area contributed by atoms with Gasteiger partial charge in [0.2, 0.25) is 5.91 Å². The van der Waals surface area contributed by atoms with Crippen LogP contribution in [-0.2, 0) is 9.59 Å². The van der Waals surface area contributed by atoms with Crippen LogP contribution in [0.5, 0.6) is 0 Å². The fourth-order valence-electron chi connectivity index (χ4n) is 2.91. The molecular formula is C19H20ClN3O2S.